The first-order chi connectivity index (χ1) is 16.9. The van der Waals surface area contributed by atoms with Crippen LogP contribution < -0.4 is 0 Å². The fourth-order valence-corrected chi connectivity index (χ4v) is 7.64. The highest BCUT2D eigenvalue weighted by atomic mass is 28.4. The molecule has 4 atom stereocenters. The zero-order valence-electron chi connectivity index (χ0n) is 27.7. The van der Waals surface area contributed by atoms with Gasteiger partial charge in [0.25, 0.3) is 0 Å². The lowest BCUT2D eigenvalue weighted by Crippen LogP contribution is -2.55. The van der Waals surface area contributed by atoms with Gasteiger partial charge in [-0.15, -0.1) is 0 Å². The van der Waals surface area contributed by atoms with Gasteiger partial charge in [-0.25, -0.2) is 0 Å². The van der Waals surface area contributed by atoms with Gasteiger partial charge < -0.3 is 18.0 Å². The highest BCUT2D eigenvalue weighted by Gasteiger charge is 2.54. The molecule has 0 spiro atoms. The van der Waals surface area contributed by atoms with Crippen molar-refractivity contribution >= 4 is 25.0 Å². The molecule has 0 aromatic heterocycles. The molecule has 0 bridgehead atoms. The highest BCUT2D eigenvalue weighted by Crippen LogP contribution is 2.45. The molecule has 220 valence electrons. The Balaban J connectivity index is 2.54. The second-order valence-electron chi connectivity index (χ2n) is 16.1. The summed E-state index contributed by atoms with van der Waals surface area (Å²) in [4.78, 5) is 0. The Morgan fingerprint density at radius 3 is 1.50 bits per heavy atom. The van der Waals surface area contributed by atoms with Gasteiger partial charge in [-0.1, -0.05) is 86.6 Å². The van der Waals surface area contributed by atoms with Gasteiger partial charge in [-0.3, -0.25) is 0 Å². The van der Waals surface area contributed by atoms with Crippen LogP contribution in [0.4, 0.5) is 0 Å². The summed E-state index contributed by atoms with van der Waals surface area (Å²) < 4.78 is 28.2. The van der Waals surface area contributed by atoms with Crippen molar-refractivity contribution in [2.75, 3.05) is 6.61 Å². The standard InChI is InChI=1S/C31H60O4Si3/c1-23-19-17-18-20-24(23)21-25-27(34-37(13,14)30(5,6)7)28(35-38(15,16)31(8,9)10)26(33-25)22-32-36(11,12)29(2,3)4/h17-20,25-28H,21-22H2,1-16H3/t25-,26+,27-,28+/m0/s1. The molecule has 1 aromatic rings. The lowest BCUT2D eigenvalue weighted by molar-refractivity contribution is -0.0160. The molecular weight excluding hydrogens is 521 g/mol. The van der Waals surface area contributed by atoms with Crippen molar-refractivity contribution in [3.05, 3.63) is 35.4 Å². The Morgan fingerprint density at radius 2 is 1.08 bits per heavy atom. The summed E-state index contributed by atoms with van der Waals surface area (Å²) in [6.07, 6.45) is 0.316. The molecule has 1 fully saturated rings. The normalized spacial score (nSPS) is 24.2. The maximum atomic E-state index is 7.26. The van der Waals surface area contributed by atoms with Gasteiger partial charge in [0.05, 0.1) is 18.8 Å². The predicted octanol–water partition coefficient (Wildman–Crippen LogP) is 9.11. The molecule has 0 radical (unpaired) electrons. The molecule has 0 amide bonds. The largest absolute Gasteiger partial charge is 0.414 e. The van der Waals surface area contributed by atoms with Crippen LogP contribution in [0.25, 0.3) is 0 Å². The van der Waals surface area contributed by atoms with E-state index in [-0.39, 0.29) is 39.5 Å². The summed E-state index contributed by atoms with van der Waals surface area (Å²) in [6.45, 7) is 37.5. The van der Waals surface area contributed by atoms with Crippen molar-refractivity contribution < 1.29 is 18.0 Å². The average molecular weight is 581 g/mol. The van der Waals surface area contributed by atoms with Crippen LogP contribution >= 0.6 is 0 Å². The quantitative estimate of drug-likeness (QED) is 0.273. The molecular formula is C31H60O4Si3. The van der Waals surface area contributed by atoms with E-state index < -0.39 is 25.0 Å². The van der Waals surface area contributed by atoms with Crippen LogP contribution in [-0.2, 0) is 24.4 Å². The predicted molar refractivity (Wildman–Crippen MR) is 171 cm³/mol. The molecule has 1 aromatic carbocycles. The third-order valence-electron chi connectivity index (χ3n) is 9.98. The minimum atomic E-state index is -2.11. The molecule has 2 rings (SSSR count). The molecule has 38 heavy (non-hydrogen) atoms. The Kier molecular flexibility index (Phi) is 10.3. The number of aryl methyl sites for hydroxylation is 1. The van der Waals surface area contributed by atoms with Gasteiger partial charge in [0.1, 0.15) is 12.2 Å². The van der Waals surface area contributed by atoms with Crippen LogP contribution in [0, 0.1) is 6.92 Å². The highest BCUT2D eigenvalue weighted by molar-refractivity contribution is 6.75. The number of benzene rings is 1. The SMILES string of the molecule is Cc1ccccc1C[C@@H]1O[C@H](CO[Si](C)(C)C(C)(C)C)[C@@H](O[Si](C)(C)C(C)(C)C)[C@H]1O[Si](C)(C)C(C)(C)C. The monoisotopic (exact) mass is 580 g/mol. The first-order valence-electron chi connectivity index (χ1n) is 14.6. The third kappa shape index (κ3) is 7.92. The van der Waals surface area contributed by atoms with E-state index in [0.717, 1.165) is 6.42 Å². The second kappa shape index (κ2) is 11.5. The fraction of sp³-hybridized carbons (Fsp3) is 0.806. The average Bonchev–Trinajstić information content (AvgIpc) is 3.01. The van der Waals surface area contributed by atoms with E-state index in [2.05, 4.69) is 133 Å². The molecule has 7 heteroatoms. The van der Waals surface area contributed by atoms with Crippen LogP contribution in [0.1, 0.15) is 73.4 Å². The Hall–Kier alpha value is -0.289. The van der Waals surface area contributed by atoms with Gasteiger partial charge in [-0.2, -0.15) is 0 Å². The van der Waals surface area contributed by atoms with Crippen LogP contribution in [-0.4, -0.2) is 56.0 Å². The summed E-state index contributed by atoms with van der Waals surface area (Å²) in [7, 11) is -6.17. The third-order valence-corrected chi connectivity index (χ3v) is 23.4. The number of hydrogen-bond donors (Lipinski definition) is 0. The topological polar surface area (TPSA) is 36.9 Å². The van der Waals surface area contributed by atoms with Crippen LogP contribution in [0.3, 0.4) is 0 Å². The second-order valence-corrected chi connectivity index (χ2v) is 30.4. The zero-order chi connectivity index (χ0) is 29.5. The minimum Gasteiger partial charge on any atom is -0.414 e. The van der Waals surface area contributed by atoms with Crippen LogP contribution in [0.2, 0.25) is 54.4 Å². The fourth-order valence-electron chi connectivity index (χ4n) is 3.98. The summed E-state index contributed by atoms with van der Waals surface area (Å²) in [5, 5.41) is 0.323. The first-order valence-corrected chi connectivity index (χ1v) is 23.3. The van der Waals surface area contributed by atoms with Crippen molar-refractivity contribution in [1.29, 1.82) is 0 Å². The van der Waals surface area contributed by atoms with Crippen molar-refractivity contribution in [2.24, 2.45) is 0 Å². The van der Waals surface area contributed by atoms with Gasteiger partial charge in [0.15, 0.2) is 25.0 Å². The van der Waals surface area contributed by atoms with Gasteiger partial charge in [0.2, 0.25) is 0 Å². The molecule has 0 saturated carbocycles. The lowest BCUT2D eigenvalue weighted by atomic mass is 9.98. The van der Waals surface area contributed by atoms with Crippen molar-refractivity contribution in [1.82, 2.24) is 0 Å². The van der Waals surface area contributed by atoms with Crippen molar-refractivity contribution in [3.8, 4) is 0 Å². The summed E-state index contributed by atoms with van der Waals surface area (Å²) in [5.74, 6) is 0. The molecule has 4 nitrogen and oxygen atoms in total. The summed E-state index contributed by atoms with van der Waals surface area (Å²) >= 11 is 0. The number of rotatable bonds is 9. The maximum Gasteiger partial charge on any atom is 0.192 e. The molecule has 1 aliphatic heterocycles. The number of ether oxygens (including phenoxy) is 1. The van der Waals surface area contributed by atoms with E-state index in [1.807, 2.05) is 0 Å². The van der Waals surface area contributed by atoms with Gasteiger partial charge in [0, 0.05) is 6.42 Å². The van der Waals surface area contributed by atoms with Crippen LogP contribution in [0.15, 0.2) is 24.3 Å². The zero-order valence-corrected chi connectivity index (χ0v) is 30.7. The summed E-state index contributed by atoms with van der Waals surface area (Å²) in [5.41, 5.74) is 2.61. The van der Waals surface area contributed by atoms with Gasteiger partial charge >= 0.3 is 0 Å². The maximum absolute atomic E-state index is 7.26. The van der Waals surface area contributed by atoms with Crippen molar-refractivity contribution in [3.63, 3.8) is 0 Å². The Labute approximate surface area is 239 Å². The number of hydrogen-bond acceptors (Lipinski definition) is 4. The smallest absolute Gasteiger partial charge is 0.192 e. The molecule has 1 saturated heterocycles. The lowest BCUT2D eigenvalue weighted by Gasteiger charge is -2.44. The minimum absolute atomic E-state index is 0.0759. The summed E-state index contributed by atoms with van der Waals surface area (Å²) in [6, 6.07) is 8.65. The van der Waals surface area contributed by atoms with Gasteiger partial charge in [-0.05, 0) is 72.4 Å². The molecule has 0 unspecified atom stereocenters. The van der Waals surface area contributed by atoms with E-state index in [9.17, 15) is 0 Å². The first kappa shape index (κ1) is 33.9. The van der Waals surface area contributed by atoms with Crippen molar-refractivity contribution in [2.45, 2.75) is 154 Å². The van der Waals surface area contributed by atoms with Crippen LogP contribution in [0.5, 0.6) is 0 Å². The molecule has 1 aliphatic rings. The Morgan fingerprint density at radius 1 is 0.658 bits per heavy atom. The Bertz CT molecular complexity index is 922. The van der Waals surface area contributed by atoms with E-state index in [4.69, 9.17) is 18.0 Å². The van der Waals surface area contributed by atoms with E-state index in [0.29, 0.717) is 6.61 Å². The molecule has 0 N–H and O–H groups in total. The van der Waals surface area contributed by atoms with E-state index >= 15 is 0 Å². The van der Waals surface area contributed by atoms with E-state index in [1.54, 1.807) is 0 Å². The molecule has 1 heterocycles. The van der Waals surface area contributed by atoms with E-state index in [1.165, 1.54) is 11.1 Å². The molecule has 0 aliphatic carbocycles.